The molecule has 31 heavy (non-hydrogen) atoms. The number of nitrogens with zero attached hydrogens (tertiary/aromatic N) is 5. The molecule has 0 bridgehead atoms. The van der Waals surface area contributed by atoms with Gasteiger partial charge >= 0.3 is 0 Å². The monoisotopic (exact) mass is 433 g/mol. The Labute approximate surface area is 184 Å². The van der Waals surface area contributed by atoms with E-state index in [-0.39, 0.29) is 5.75 Å². The van der Waals surface area contributed by atoms with Gasteiger partial charge in [-0.1, -0.05) is 24.3 Å². The normalized spacial score (nSPS) is 11.3. The maximum atomic E-state index is 10.8. The Balaban J connectivity index is 1.64. The molecule has 4 aromatic rings. The molecule has 8 heteroatoms. The fraction of sp³-hybridized carbons (Fsp3) is 0.217. The van der Waals surface area contributed by atoms with Gasteiger partial charge in [0.15, 0.2) is 11.6 Å². The van der Waals surface area contributed by atoms with E-state index in [1.165, 1.54) is 17.7 Å². The number of azo groups is 1. The summed E-state index contributed by atoms with van der Waals surface area (Å²) in [5.41, 5.74) is 3.46. The lowest BCUT2D eigenvalue weighted by atomic mass is 10.1. The fourth-order valence-corrected chi connectivity index (χ4v) is 4.26. The summed E-state index contributed by atoms with van der Waals surface area (Å²) < 4.78 is 6.41. The van der Waals surface area contributed by atoms with Gasteiger partial charge in [-0.3, -0.25) is 0 Å². The van der Waals surface area contributed by atoms with Crippen molar-refractivity contribution in [2.45, 2.75) is 13.5 Å². The summed E-state index contributed by atoms with van der Waals surface area (Å²) in [6, 6.07) is 15.8. The first-order valence-electron chi connectivity index (χ1n) is 9.91. The molecule has 0 fully saturated rings. The molecule has 2 aromatic heterocycles. The number of hydrogen-bond acceptors (Lipinski definition) is 8. The standard InChI is InChI=1S/C23H23N5O2S/c1-4-30-18-8-6-5-7-17(18)21-20(29)19-22(31-21)23(25-14-24-19)27-26-13-15-9-11-16(12-10-15)28(2)3/h5-12,14,29H,4,13H2,1-3H3. The third kappa shape index (κ3) is 4.34. The van der Waals surface area contributed by atoms with Crippen molar-refractivity contribution in [3.05, 3.63) is 60.4 Å². The predicted octanol–water partition coefficient (Wildman–Crippen LogP) is 5.81. The first-order chi connectivity index (χ1) is 15.1. The van der Waals surface area contributed by atoms with Crippen LogP contribution in [0.4, 0.5) is 11.5 Å². The zero-order chi connectivity index (χ0) is 21.8. The van der Waals surface area contributed by atoms with E-state index in [1.54, 1.807) is 0 Å². The Hall–Kier alpha value is -3.52. The van der Waals surface area contributed by atoms with Gasteiger partial charge in [-0.15, -0.1) is 16.5 Å². The highest BCUT2D eigenvalue weighted by atomic mass is 32.1. The minimum Gasteiger partial charge on any atom is -0.504 e. The lowest BCUT2D eigenvalue weighted by Crippen LogP contribution is -2.08. The van der Waals surface area contributed by atoms with Crippen molar-refractivity contribution >= 4 is 33.1 Å². The van der Waals surface area contributed by atoms with Crippen molar-refractivity contribution in [3.63, 3.8) is 0 Å². The number of thiophene rings is 1. The van der Waals surface area contributed by atoms with E-state index < -0.39 is 0 Å². The predicted molar refractivity (Wildman–Crippen MR) is 125 cm³/mol. The Morgan fingerprint density at radius 1 is 1.06 bits per heavy atom. The SMILES string of the molecule is CCOc1ccccc1-c1sc2c(N=NCc3ccc(N(C)C)cc3)ncnc2c1O. The van der Waals surface area contributed by atoms with Gasteiger partial charge in [-0.25, -0.2) is 9.97 Å². The highest BCUT2D eigenvalue weighted by molar-refractivity contribution is 7.23. The van der Waals surface area contributed by atoms with Crippen molar-refractivity contribution in [2.75, 3.05) is 25.6 Å². The molecule has 2 heterocycles. The Morgan fingerprint density at radius 2 is 1.84 bits per heavy atom. The minimum absolute atomic E-state index is 0.102. The molecule has 0 saturated carbocycles. The van der Waals surface area contributed by atoms with Crippen molar-refractivity contribution in [2.24, 2.45) is 10.2 Å². The van der Waals surface area contributed by atoms with E-state index in [9.17, 15) is 5.11 Å². The molecule has 7 nitrogen and oxygen atoms in total. The second-order valence-electron chi connectivity index (χ2n) is 7.04. The topological polar surface area (TPSA) is 83.2 Å². The molecule has 2 aromatic carbocycles. The number of para-hydroxylation sites is 1. The van der Waals surface area contributed by atoms with Crippen LogP contribution in [0.5, 0.6) is 11.5 Å². The molecule has 0 amide bonds. The van der Waals surface area contributed by atoms with Gasteiger partial charge in [-0.2, -0.15) is 5.11 Å². The number of ether oxygens (including phenoxy) is 1. The Morgan fingerprint density at radius 3 is 2.58 bits per heavy atom. The van der Waals surface area contributed by atoms with Crippen LogP contribution < -0.4 is 9.64 Å². The minimum atomic E-state index is 0.102. The van der Waals surface area contributed by atoms with Crippen molar-refractivity contribution < 1.29 is 9.84 Å². The molecule has 0 aliphatic rings. The highest BCUT2D eigenvalue weighted by Gasteiger charge is 2.20. The first kappa shape index (κ1) is 20.7. The van der Waals surface area contributed by atoms with Crippen LogP contribution in [0.15, 0.2) is 65.1 Å². The van der Waals surface area contributed by atoms with E-state index in [4.69, 9.17) is 4.74 Å². The molecule has 0 saturated heterocycles. The average molecular weight is 434 g/mol. The molecular formula is C23H23N5O2S. The van der Waals surface area contributed by atoms with E-state index in [1.807, 2.05) is 74.4 Å². The van der Waals surface area contributed by atoms with Crippen LogP contribution in [0, 0.1) is 0 Å². The summed E-state index contributed by atoms with van der Waals surface area (Å²) in [7, 11) is 4.01. The van der Waals surface area contributed by atoms with Gasteiger partial charge in [0.25, 0.3) is 0 Å². The summed E-state index contributed by atoms with van der Waals surface area (Å²) in [5.74, 6) is 1.25. The molecule has 158 valence electrons. The summed E-state index contributed by atoms with van der Waals surface area (Å²) >= 11 is 1.38. The number of hydrogen-bond donors (Lipinski definition) is 1. The second-order valence-corrected chi connectivity index (χ2v) is 8.07. The number of aromatic nitrogens is 2. The Bertz CT molecular complexity index is 1220. The molecule has 0 unspecified atom stereocenters. The molecule has 0 atom stereocenters. The van der Waals surface area contributed by atoms with Crippen LogP contribution >= 0.6 is 11.3 Å². The second kappa shape index (κ2) is 9.09. The maximum Gasteiger partial charge on any atom is 0.195 e. The van der Waals surface area contributed by atoms with Crippen LogP contribution in [0.3, 0.4) is 0 Å². The molecule has 4 rings (SSSR count). The van der Waals surface area contributed by atoms with Gasteiger partial charge in [0, 0.05) is 25.3 Å². The van der Waals surface area contributed by atoms with E-state index in [2.05, 4.69) is 20.2 Å². The van der Waals surface area contributed by atoms with Crippen LogP contribution in [-0.4, -0.2) is 35.8 Å². The Kier molecular flexibility index (Phi) is 6.08. The third-order valence-corrected chi connectivity index (χ3v) is 5.93. The molecule has 0 spiro atoms. The quantitative estimate of drug-likeness (QED) is 0.372. The van der Waals surface area contributed by atoms with Gasteiger partial charge in [-0.05, 0) is 36.8 Å². The highest BCUT2D eigenvalue weighted by Crippen LogP contribution is 2.47. The van der Waals surface area contributed by atoms with Crippen LogP contribution in [0.1, 0.15) is 12.5 Å². The zero-order valence-electron chi connectivity index (χ0n) is 17.6. The summed E-state index contributed by atoms with van der Waals surface area (Å²) in [5, 5.41) is 19.5. The maximum absolute atomic E-state index is 10.8. The van der Waals surface area contributed by atoms with Gasteiger partial charge in [0.2, 0.25) is 0 Å². The lowest BCUT2D eigenvalue weighted by Gasteiger charge is -2.11. The van der Waals surface area contributed by atoms with Gasteiger partial charge in [0.05, 0.1) is 18.0 Å². The van der Waals surface area contributed by atoms with Crippen molar-refractivity contribution in [1.29, 1.82) is 0 Å². The molecule has 0 aliphatic heterocycles. The third-order valence-electron chi connectivity index (χ3n) is 4.73. The number of rotatable bonds is 7. The smallest absolute Gasteiger partial charge is 0.195 e. The molecule has 1 N–H and O–H groups in total. The van der Waals surface area contributed by atoms with E-state index >= 15 is 0 Å². The molecule has 0 radical (unpaired) electrons. The van der Waals surface area contributed by atoms with Crippen LogP contribution in [0.25, 0.3) is 20.7 Å². The lowest BCUT2D eigenvalue weighted by molar-refractivity contribution is 0.341. The van der Waals surface area contributed by atoms with Gasteiger partial charge in [0.1, 0.15) is 22.3 Å². The molecular weight excluding hydrogens is 410 g/mol. The average Bonchev–Trinajstić information content (AvgIpc) is 3.12. The van der Waals surface area contributed by atoms with E-state index in [0.29, 0.717) is 39.8 Å². The summed E-state index contributed by atoms with van der Waals surface area (Å²) in [6.07, 6.45) is 1.40. The summed E-state index contributed by atoms with van der Waals surface area (Å²) in [6.45, 7) is 2.91. The van der Waals surface area contributed by atoms with Crippen LogP contribution in [-0.2, 0) is 6.54 Å². The summed E-state index contributed by atoms with van der Waals surface area (Å²) in [4.78, 5) is 11.3. The molecule has 0 aliphatic carbocycles. The number of fused-ring (bicyclic) bond motifs is 1. The zero-order valence-corrected chi connectivity index (χ0v) is 18.4. The van der Waals surface area contributed by atoms with Gasteiger partial charge < -0.3 is 14.7 Å². The number of anilines is 1. The van der Waals surface area contributed by atoms with Crippen LogP contribution in [0.2, 0.25) is 0 Å². The van der Waals surface area contributed by atoms with Crippen molar-refractivity contribution in [3.8, 4) is 21.9 Å². The number of aromatic hydroxyl groups is 1. The first-order valence-corrected chi connectivity index (χ1v) is 10.7. The van der Waals surface area contributed by atoms with E-state index in [0.717, 1.165) is 16.8 Å². The van der Waals surface area contributed by atoms with Crippen molar-refractivity contribution in [1.82, 2.24) is 9.97 Å². The fourth-order valence-electron chi connectivity index (χ4n) is 3.16. The number of benzene rings is 2. The largest absolute Gasteiger partial charge is 0.504 e.